The van der Waals surface area contributed by atoms with E-state index in [1.54, 1.807) is 11.9 Å². The predicted molar refractivity (Wildman–Crippen MR) is 48.7 cm³/mol. The zero-order valence-electron chi connectivity index (χ0n) is 7.86. The van der Waals surface area contributed by atoms with Gasteiger partial charge in [-0.2, -0.15) is 4.31 Å². The van der Waals surface area contributed by atoms with E-state index in [2.05, 4.69) is 0 Å². The van der Waals surface area contributed by atoms with Crippen molar-refractivity contribution in [3.8, 4) is 0 Å². The molecule has 1 rings (SSSR count). The van der Waals surface area contributed by atoms with E-state index in [0.717, 1.165) is 6.26 Å². The molecular weight excluding hydrogens is 192 g/mol. The molecule has 1 heterocycles. The van der Waals surface area contributed by atoms with Crippen LogP contribution in [0.25, 0.3) is 0 Å². The van der Waals surface area contributed by atoms with Gasteiger partial charge >= 0.3 is 0 Å². The van der Waals surface area contributed by atoms with Crippen molar-refractivity contribution in [1.82, 2.24) is 9.21 Å². The fourth-order valence-corrected chi connectivity index (χ4v) is 2.05. The summed E-state index contributed by atoms with van der Waals surface area (Å²) >= 11 is 0. The van der Waals surface area contributed by atoms with Crippen molar-refractivity contribution >= 4 is 15.9 Å². The summed E-state index contributed by atoms with van der Waals surface area (Å²) in [6, 6.07) is 0. The van der Waals surface area contributed by atoms with E-state index in [-0.39, 0.29) is 12.5 Å². The Morgan fingerprint density at radius 2 is 1.92 bits per heavy atom. The molecule has 13 heavy (non-hydrogen) atoms. The molecule has 76 valence electrons. The molecule has 6 heteroatoms. The van der Waals surface area contributed by atoms with Gasteiger partial charge in [-0.1, -0.05) is 0 Å². The Labute approximate surface area is 78.4 Å². The average Bonchev–Trinajstić information content (AvgIpc) is 2.13. The average molecular weight is 206 g/mol. The standard InChI is InChI=1S/C7H14N2O3S/c1-8-4-3-5-9(6-7(8)10)13(2,11)12/h3-6H2,1-2H3. The van der Waals surface area contributed by atoms with Crippen LogP contribution in [0.2, 0.25) is 0 Å². The van der Waals surface area contributed by atoms with Crippen LogP contribution in [0.15, 0.2) is 0 Å². The maximum atomic E-state index is 11.3. The molecule has 0 bridgehead atoms. The molecule has 0 spiro atoms. The number of nitrogens with zero attached hydrogens (tertiary/aromatic N) is 2. The van der Waals surface area contributed by atoms with Crippen LogP contribution >= 0.6 is 0 Å². The van der Waals surface area contributed by atoms with E-state index in [4.69, 9.17) is 0 Å². The third-order valence-electron chi connectivity index (χ3n) is 2.11. The quantitative estimate of drug-likeness (QED) is 0.559. The minimum Gasteiger partial charge on any atom is -0.345 e. The van der Waals surface area contributed by atoms with Gasteiger partial charge in [0, 0.05) is 20.1 Å². The first-order valence-electron chi connectivity index (χ1n) is 4.10. The van der Waals surface area contributed by atoms with Crippen molar-refractivity contribution in [3.05, 3.63) is 0 Å². The second kappa shape index (κ2) is 3.63. The second-order valence-electron chi connectivity index (χ2n) is 3.27. The molecule has 0 aromatic carbocycles. The summed E-state index contributed by atoms with van der Waals surface area (Å²) in [6.07, 6.45) is 1.83. The molecule has 0 unspecified atom stereocenters. The van der Waals surface area contributed by atoms with E-state index in [1.807, 2.05) is 0 Å². The summed E-state index contributed by atoms with van der Waals surface area (Å²) in [5.74, 6) is -0.136. The molecule has 5 nitrogen and oxygen atoms in total. The number of hydrogen-bond acceptors (Lipinski definition) is 3. The van der Waals surface area contributed by atoms with Gasteiger partial charge in [-0.3, -0.25) is 4.79 Å². The van der Waals surface area contributed by atoms with Crippen LogP contribution in [-0.4, -0.2) is 56.5 Å². The van der Waals surface area contributed by atoms with Crippen LogP contribution < -0.4 is 0 Å². The van der Waals surface area contributed by atoms with Crippen molar-refractivity contribution in [3.63, 3.8) is 0 Å². The number of sulfonamides is 1. The van der Waals surface area contributed by atoms with Crippen molar-refractivity contribution in [2.45, 2.75) is 6.42 Å². The van der Waals surface area contributed by atoms with E-state index >= 15 is 0 Å². The largest absolute Gasteiger partial charge is 0.345 e. The van der Waals surface area contributed by atoms with Gasteiger partial charge in [0.05, 0.1) is 12.8 Å². The number of likely N-dealkylation sites (N-methyl/N-ethyl adjacent to an activating group) is 1. The summed E-state index contributed by atoms with van der Waals surface area (Å²) < 4.78 is 23.5. The number of rotatable bonds is 1. The summed E-state index contributed by atoms with van der Waals surface area (Å²) in [6.45, 7) is 1.05. The lowest BCUT2D eigenvalue weighted by Gasteiger charge is -2.16. The van der Waals surface area contributed by atoms with Crippen LogP contribution in [0.1, 0.15) is 6.42 Å². The fraction of sp³-hybridized carbons (Fsp3) is 0.857. The van der Waals surface area contributed by atoms with Gasteiger partial charge in [0.15, 0.2) is 0 Å². The first kappa shape index (κ1) is 10.5. The lowest BCUT2D eigenvalue weighted by Crippen LogP contribution is -2.37. The zero-order valence-corrected chi connectivity index (χ0v) is 8.67. The molecule has 0 radical (unpaired) electrons. The predicted octanol–water partition coefficient (Wildman–Crippen LogP) is -0.890. The second-order valence-corrected chi connectivity index (χ2v) is 5.25. The molecule has 0 saturated carbocycles. The highest BCUT2D eigenvalue weighted by molar-refractivity contribution is 7.88. The molecule has 1 aliphatic heterocycles. The lowest BCUT2D eigenvalue weighted by molar-refractivity contribution is -0.129. The molecule has 0 N–H and O–H groups in total. The Kier molecular flexibility index (Phi) is 2.92. The smallest absolute Gasteiger partial charge is 0.237 e. The van der Waals surface area contributed by atoms with Crippen molar-refractivity contribution in [2.24, 2.45) is 0 Å². The molecule has 1 amide bonds. The van der Waals surface area contributed by atoms with Gasteiger partial charge in [-0.25, -0.2) is 8.42 Å². The van der Waals surface area contributed by atoms with E-state index in [0.29, 0.717) is 19.5 Å². The summed E-state index contributed by atoms with van der Waals surface area (Å²) in [5.41, 5.74) is 0. The normalized spacial score (nSPS) is 21.7. The van der Waals surface area contributed by atoms with E-state index in [1.165, 1.54) is 4.31 Å². The number of carbonyl (C=O) groups excluding carboxylic acids is 1. The van der Waals surface area contributed by atoms with Crippen LogP contribution in [0.5, 0.6) is 0 Å². The molecule has 1 aliphatic rings. The van der Waals surface area contributed by atoms with E-state index in [9.17, 15) is 13.2 Å². The Hall–Kier alpha value is -0.620. The Morgan fingerprint density at radius 3 is 2.46 bits per heavy atom. The number of carbonyl (C=O) groups is 1. The third kappa shape index (κ3) is 2.67. The van der Waals surface area contributed by atoms with Crippen LogP contribution in [0.4, 0.5) is 0 Å². The van der Waals surface area contributed by atoms with Crippen LogP contribution in [0.3, 0.4) is 0 Å². The Bertz CT molecular complexity index is 299. The van der Waals surface area contributed by atoms with Gasteiger partial charge in [0.1, 0.15) is 0 Å². The topological polar surface area (TPSA) is 57.7 Å². The van der Waals surface area contributed by atoms with Crippen molar-refractivity contribution in [2.75, 3.05) is 32.9 Å². The molecule has 1 saturated heterocycles. The maximum absolute atomic E-state index is 11.3. The SMILES string of the molecule is CN1CCCN(S(C)(=O)=O)CC1=O. The summed E-state index contributed by atoms with van der Waals surface area (Å²) in [7, 11) is -1.53. The van der Waals surface area contributed by atoms with Crippen LogP contribution in [0, 0.1) is 0 Å². The third-order valence-corrected chi connectivity index (χ3v) is 3.36. The molecule has 0 aromatic heterocycles. The minimum atomic E-state index is -3.22. The zero-order chi connectivity index (χ0) is 10.1. The lowest BCUT2D eigenvalue weighted by atomic mass is 10.4. The van der Waals surface area contributed by atoms with Crippen LogP contribution in [-0.2, 0) is 14.8 Å². The van der Waals surface area contributed by atoms with Gasteiger partial charge in [-0.15, -0.1) is 0 Å². The highest BCUT2D eigenvalue weighted by atomic mass is 32.2. The van der Waals surface area contributed by atoms with Gasteiger partial charge in [0.25, 0.3) is 0 Å². The summed E-state index contributed by atoms with van der Waals surface area (Å²) in [4.78, 5) is 12.9. The van der Waals surface area contributed by atoms with Crippen molar-refractivity contribution < 1.29 is 13.2 Å². The Balaban J connectivity index is 2.76. The molecular formula is C7H14N2O3S. The van der Waals surface area contributed by atoms with Gasteiger partial charge < -0.3 is 4.90 Å². The maximum Gasteiger partial charge on any atom is 0.237 e. The first-order chi connectivity index (χ1) is 5.91. The van der Waals surface area contributed by atoms with Crippen molar-refractivity contribution in [1.29, 1.82) is 0 Å². The monoisotopic (exact) mass is 206 g/mol. The van der Waals surface area contributed by atoms with Gasteiger partial charge in [0.2, 0.25) is 15.9 Å². The minimum absolute atomic E-state index is 0.0185. The molecule has 0 atom stereocenters. The number of hydrogen-bond donors (Lipinski definition) is 0. The molecule has 0 aliphatic carbocycles. The fourth-order valence-electron chi connectivity index (χ4n) is 1.24. The molecule has 0 aromatic rings. The summed E-state index contributed by atoms with van der Waals surface area (Å²) in [5, 5.41) is 0. The Morgan fingerprint density at radius 1 is 1.31 bits per heavy atom. The number of amides is 1. The molecule has 1 fully saturated rings. The first-order valence-corrected chi connectivity index (χ1v) is 5.95. The van der Waals surface area contributed by atoms with E-state index < -0.39 is 10.0 Å². The van der Waals surface area contributed by atoms with Gasteiger partial charge in [-0.05, 0) is 6.42 Å². The highest BCUT2D eigenvalue weighted by Gasteiger charge is 2.24. The highest BCUT2D eigenvalue weighted by Crippen LogP contribution is 2.05.